The summed E-state index contributed by atoms with van der Waals surface area (Å²) in [6.45, 7) is 6.64. The summed E-state index contributed by atoms with van der Waals surface area (Å²) in [6.07, 6.45) is 0. The first-order valence-corrected chi connectivity index (χ1v) is 5.88. The van der Waals surface area contributed by atoms with Gasteiger partial charge in [0.05, 0.1) is 12.2 Å². The molecule has 1 heterocycles. The van der Waals surface area contributed by atoms with Crippen molar-refractivity contribution in [2.24, 2.45) is 5.73 Å². The Morgan fingerprint density at radius 2 is 1.88 bits per heavy atom. The number of rotatable bonds is 3. The second-order valence-electron chi connectivity index (χ2n) is 4.50. The molecule has 2 aromatic rings. The van der Waals surface area contributed by atoms with E-state index in [-0.39, 0.29) is 0 Å². The molecular formula is C14H18N2O. The van der Waals surface area contributed by atoms with Crippen LogP contribution in [0.25, 0.3) is 11.3 Å². The fourth-order valence-corrected chi connectivity index (χ4v) is 1.83. The van der Waals surface area contributed by atoms with Gasteiger partial charge in [-0.1, -0.05) is 38.1 Å². The molecule has 3 heteroatoms. The SMILES string of the molecule is Cc1nc(CN)oc1-c1ccc(C(C)C)cc1. The Morgan fingerprint density at radius 3 is 2.35 bits per heavy atom. The van der Waals surface area contributed by atoms with Gasteiger partial charge in [-0.15, -0.1) is 0 Å². The van der Waals surface area contributed by atoms with Crippen LogP contribution in [0.5, 0.6) is 0 Å². The quantitative estimate of drug-likeness (QED) is 0.880. The first kappa shape index (κ1) is 11.9. The number of nitrogens with zero attached hydrogens (tertiary/aromatic N) is 1. The van der Waals surface area contributed by atoms with Crippen molar-refractivity contribution in [2.45, 2.75) is 33.2 Å². The van der Waals surface area contributed by atoms with Crippen LogP contribution < -0.4 is 5.73 Å². The van der Waals surface area contributed by atoms with Crippen LogP contribution >= 0.6 is 0 Å². The van der Waals surface area contributed by atoms with E-state index in [1.807, 2.05) is 6.92 Å². The Bertz CT molecular complexity index is 497. The molecule has 0 fully saturated rings. The number of hydrogen-bond acceptors (Lipinski definition) is 3. The van der Waals surface area contributed by atoms with Crippen LogP contribution in [-0.4, -0.2) is 4.98 Å². The Kier molecular flexibility index (Phi) is 3.29. The van der Waals surface area contributed by atoms with Crippen LogP contribution in [0.4, 0.5) is 0 Å². The first-order chi connectivity index (χ1) is 8.11. The van der Waals surface area contributed by atoms with Gasteiger partial charge in [-0.3, -0.25) is 0 Å². The standard InChI is InChI=1S/C14H18N2O/c1-9(2)11-4-6-12(7-5-11)14-10(3)16-13(8-15)17-14/h4-7,9H,8,15H2,1-3H3. The van der Waals surface area contributed by atoms with Crippen molar-refractivity contribution in [2.75, 3.05) is 0 Å². The fourth-order valence-electron chi connectivity index (χ4n) is 1.83. The van der Waals surface area contributed by atoms with Crippen molar-refractivity contribution in [3.8, 4) is 11.3 Å². The zero-order valence-electron chi connectivity index (χ0n) is 10.5. The first-order valence-electron chi connectivity index (χ1n) is 5.88. The summed E-state index contributed by atoms with van der Waals surface area (Å²) >= 11 is 0. The summed E-state index contributed by atoms with van der Waals surface area (Å²) in [6, 6.07) is 8.40. The van der Waals surface area contributed by atoms with Crippen molar-refractivity contribution in [1.29, 1.82) is 0 Å². The number of benzene rings is 1. The monoisotopic (exact) mass is 230 g/mol. The van der Waals surface area contributed by atoms with Crippen LogP contribution in [0, 0.1) is 6.92 Å². The lowest BCUT2D eigenvalue weighted by Crippen LogP contribution is -1.95. The molecule has 0 amide bonds. The molecule has 0 saturated heterocycles. The van der Waals surface area contributed by atoms with Gasteiger partial charge in [0.2, 0.25) is 5.89 Å². The van der Waals surface area contributed by atoms with E-state index < -0.39 is 0 Å². The van der Waals surface area contributed by atoms with Crippen molar-refractivity contribution >= 4 is 0 Å². The normalized spacial score (nSPS) is 11.1. The lowest BCUT2D eigenvalue weighted by Gasteiger charge is -2.05. The van der Waals surface area contributed by atoms with E-state index in [1.165, 1.54) is 5.56 Å². The second-order valence-corrected chi connectivity index (χ2v) is 4.50. The molecule has 0 aliphatic carbocycles. The molecule has 3 nitrogen and oxygen atoms in total. The van der Waals surface area contributed by atoms with Crippen molar-refractivity contribution in [3.05, 3.63) is 41.4 Å². The van der Waals surface area contributed by atoms with Crippen LogP contribution in [0.15, 0.2) is 28.7 Å². The number of aromatic nitrogens is 1. The summed E-state index contributed by atoms with van der Waals surface area (Å²) in [4.78, 5) is 4.27. The number of hydrogen-bond donors (Lipinski definition) is 1. The molecule has 1 aromatic heterocycles. The minimum atomic E-state index is 0.338. The van der Waals surface area contributed by atoms with Crippen LogP contribution in [0.3, 0.4) is 0 Å². The predicted octanol–water partition coefficient (Wildman–Crippen LogP) is 3.23. The third-order valence-corrected chi connectivity index (χ3v) is 2.86. The molecule has 0 saturated carbocycles. The number of nitrogens with two attached hydrogens (primary N) is 1. The highest BCUT2D eigenvalue weighted by Gasteiger charge is 2.10. The van der Waals surface area contributed by atoms with E-state index in [0.717, 1.165) is 17.0 Å². The van der Waals surface area contributed by atoms with E-state index in [9.17, 15) is 0 Å². The topological polar surface area (TPSA) is 52.0 Å². The van der Waals surface area contributed by atoms with Crippen molar-refractivity contribution in [1.82, 2.24) is 4.98 Å². The molecule has 0 spiro atoms. The summed E-state index contributed by atoms with van der Waals surface area (Å²) in [5, 5.41) is 0. The van der Waals surface area contributed by atoms with Gasteiger partial charge >= 0.3 is 0 Å². The maximum absolute atomic E-state index is 5.61. The zero-order valence-corrected chi connectivity index (χ0v) is 10.5. The molecule has 0 aliphatic heterocycles. The van der Waals surface area contributed by atoms with Crippen LogP contribution in [0.2, 0.25) is 0 Å². The third kappa shape index (κ3) is 2.39. The average molecular weight is 230 g/mol. The van der Waals surface area contributed by atoms with Gasteiger partial charge in [0.15, 0.2) is 5.76 Å². The van der Waals surface area contributed by atoms with Gasteiger partial charge in [-0.05, 0) is 18.4 Å². The molecule has 0 unspecified atom stereocenters. The van der Waals surface area contributed by atoms with Crippen molar-refractivity contribution in [3.63, 3.8) is 0 Å². The average Bonchev–Trinajstić information content (AvgIpc) is 2.71. The number of aryl methyl sites for hydroxylation is 1. The summed E-state index contributed by atoms with van der Waals surface area (Å²) in [5.74, 6) is 1.95. The lowest BCUT2D eigenvalue weighted by atomic mass is 10.0. The minimum absolute atomic E-state index is 0.338. The van der Waals surface area contributed by atoms with Gasteiger partial charge in [0.1, 0.15) is 0 Å². The fraction of sp³-hybridized carbons (Fsp3) is 0.357. The summed E-state index contributed by atoms with van der Waals surface area (Å²) in [7, 11) is 0. The van der Waals surface area contributed by atoms with E-state index in [2.05, 4.69) is 43.1 Å². The van der Waals surface area contributed by atoms with Gasteiger partial charge in [-0.2, -0.15) is 0 Å². The zero-order chi connectivity index (χ0) is 12.4. The van der Waals surface area contributed by atoms with E-state index in [4.69, 9.17) is 10.2 Å². The smallest absolute Gasteiger partial charge is 0.208 e. The van der Waals surface area contributed by atoms with E-state index in [1.54, 1.807) is 0 Å². The Morgan fingerprint density at radius 1 is 1.24 bits per heavy atom. The summed E-state index contributed by atoms with van der Waals surface area (Å²) in [5.41, 5.74) is 8.79. The summed E-state index contributed by atoms with van der Waals surface area (Å²) < 4.78 is 5.61. The van der Waals surface area contributed by atoms with Gasteiger partial charge in [0, 0.05) is 5.56 Å². The molecule has 1 aromatic carbocycles. The maximum Gasteiger partial charge on any atom is 0.208 e. The molecule has 90 valence electrons. The van der Waals surface area contributed by atoms with Gasteiger partial charge in [-0.25, -0.2) is 4.98 Å². The Labute approximate surface area is 102 Å². The maximum atomic E-state index is 5.61. The molecule has 2 N–H and O–H groups in total. The second kappa shape index (κ2) is 4.72. The van der Waals surface area contributed by atoms with E-state index in [0.29, 0.717) is 18.4 Å². The number of oxazole rings is 1. The Balaban J connectivity index is 2.36. The van der Waals surface area contributed by atoms with Crippen LogP contribution in [-0.2, 0) is 6.54 Å². The lowest BCUT2D eigenvalue weighted by molar-refractivity contribution is 0.509. The third-order valence-electron chi connectivity index (χ3n) is 2.86. The molecular weight excluding hydrogens is 212 g/mol. The highest BCUT2D eigenvalue weighted by Crippen LogP contribution is 2.26. The highest BCUT2D eigenvalue weighted by atomic mass is 16.4. The molecule has 0 aliphatic rings. The Hall–Kier alpha value is -1.61. The predicted molar refractivity (Wildman–Crippen MR) is 68.7 cm³/mol. The molecule has 2 rings (SSSR count). The van der Waals surface area contributed by atoms with E-state index >= 15 is 0 Å². The minimum Gasteiger partial charge on any atom is -0.439 e. The van der Waals surface area contributed by atoms with Gasteiger partial charge in [0.25, 0.3) is 0 Å². The molecule has 17 heavy (non-hydrogen) atoms. The molecule has 0 bridgehead atoms. The largest absolute Gasteiger partial charge is 0.439 e. The molecule has 0 radical (unpaired) electrons. The van der Waals surface area contributed by atoms with Gasteiger partial charge < -0.3 is 10.2 Å². The molecule has 0 atom stereocenters. The van der Waals surface area contributed by atoms with Crippen molar-refractivity contribution < 1.29 is 4.42 Å². The van der Waals surface area contributed by atoms with Crippen LogP contribution in [0.1, 0.15) is 36.9 Å². The highest BCUT2D eigenvalue weighted by molar-refractivity contribution is 5.60.